The number of ether oxygens (including phenoxy) is 1. The van der Waals surface area contributed by atoms with Crippen LogP contribution in [0.3, 0.4) is 0 Å². The van der Waals surface area contributed by atoms with Crippen LogP contribution in [0.4, 0.5) is 5.69 Å². The van der Waals surface area contributed by atoms with Gasteiger partial charge in [-0.25, -0.2) is 0 Å². The van der Waals surface area contributed by atoms with Gasteiger partial charge in [0.15, 0.2) is 0 Å². The number of pyridine rings is 1. The quantitative estimate of drug-likeness (QED) is 0.450. The van der Waals surface area contributed by atoms with E-state index in [1.165, 1.54) is 0 Å². The summed E-state index contributed by atoms with van der Waals surface area (Å²) < 4.78 is 5.54. The Hall–Kier alpha value is -3.86. The fourth-order valence-corrected chi connectivity index (χ4v) is 3.68. The maximum Gasteiger partial charge on any atom is 0.258 e. The van der Waals surface area contributed by atoms with Crippen LogP contribution in [-0.4, -0.2) is 17.5 Å². The highest BCUT2D eigenvalue weighted by molar-refractivity contribution is 6.06. The van der Waals surface area contributed by atoms with Gasteiger partial charge in [-0.05, 0) is 80.8 Å². The van der Waals surface area contributed by atoms with Crippen LogP contribution in [0.2, 0.25) is 0 Å². The third-order valence-corrected chi connectivity index (χ3v) is 5.41. The minimum Gasteiger partial charge on any atom is -0.494 e. The standard InChI is InChI=1S/C27H26N2O3/c1-4-32-24-12-10-23(11-13-24)29(27(31)20-8-5-18(2)6-9-20)17-22-16-21-15-19(3)7-14-25(21)28-26(22)30/h5-16H,4,17H2,1-3H3,(H,28,30). The van der Waals surface area contributed by atoms with E-state index in [-0.39, 0.29) is 18.0 Å². The molecule has 0 saturated carbocycles. The molecule has 0 unspecified atom stereocenters. The number of nitrogens with one attached hydrogen (secondary N) is 1. The van der Waals surface area contributed by atoms with Crippen molar-refractivity contribution in [3.05, 3.63) is 105 Å². The van der Waals surface area contributed by atoms with Gasteiger partial charge >= 0.3 is 0 Å². The molecule has 1 N–H and O–H groups in total. The number of hydrogen-bond donors (Lipinski definition) is 1. The molecule has 0 aliphatic heterocycles. The van der Waals surface area contributed by atoms with Gasteiger partial charge in [-0.3, -0.25) is 9.59 Å². The van der Waals surface area contributed by atoms with Gasteiger partial charge in [-0.1, -0.05) is 29.3 Å². The number of aromatic amines is 1. The zero-order valence-electron chi connectivity index (χ0n) is 18.5. The lowest BCUT2D eigenvalue weighted by Gasteiger charge is -2.23. The zero-order valence-corrected chi connectivity index (χ0v) is 18.5. The molecule has 162 valence electrons. The van der Waals surface area contributed by atoms with E-state index in [0.717, 1.165) is 27.8 Å². The normalized spacial score (nSPS) is 10.8. The van der Waals surface area contributed by atoms with E-state index in [1.54, 1.807) is 4.90 Å². The largest absolute Gasteiger partial charge is 0.494 e. The first-order chi connectivity index (χ1) is 15.4. The number of anilines is 1. The summed E-state index contributed by atoms with van der Waals surface area (Å²) in [5.74, 6) is 0.566. The summed E-state index contributed by atoms with van der Waals surface area (Å²) in [4.78, 5) is 30.9. The molecule has 0 aliphatic rings. The molecule has 4 aromatic rings. The Morgan fingerprint density at radius 1 is 0.906 bits per heavy atom. The summed E-state index contributed by atoms with van der Waals surface area (Å²) in [5.41, 5.74) is 4.55. The van der Waals surface area contributed by atoms with Crippen molar-refractivity contribution in [2.45, 2.75) is 27.3 Å². The van der Waals surface area contributed by atoms with Crippen LogP contribution in [0.25, 0.3) is 10.9 Å². The number of rotatable bonds is 6. The molecule has 1 amide bonds. The first-order valence-electron chi connectivity index (χ1n) is 10.7. The summed E-state index contributed by atoms with van der Waals surface area (Å²) in [6.07, 6.45) is 0. The fraction of sp³-hybridized carbons (Fsp3) is 0.185. The smallest absolute Gasteiger partial charge is 0.258 e. The predicted molar refractivity (Wildman–Crippen MR) is 129 cm³/mol. The lowest BCUT2D eigenvalue weighted by Crippen LogP contribution is -2.32. The van der Waals surface area contributed by atoms with Gasteiger partial charge in [0, 0.05) is 22.3 Å². The molecule has 3 aromatic carbocycles. The number of aryl methyl sites for hydroxylation is 2. The van der Waals surface area contributed by atoms with Gasteiger partial charge in [0.1, 0.15) is 5.75 Å². The number of H-pyrrole nitrogens is 1. The highest BCUT2D eigenvalue weighted by Crippen LogP contribution is 2.24. The number of aromatic nitrogens is 1. The molecule has 32 heavy (non-hydrogen) atoms. The zero-order chi connectivity index (χ0) is 22.7. The third kappa shape index (κ3) is 4.57. The maximum absolute atomic E-state index is 13.5. The van der Waals surface area contributed by atoms with Gasteiger partial charge in [0.2, 0.25) is 0 Å². The number of hydrogen-bond acceptors (Lipinski definition) is 3. The van der Waals surface area contributed by atoms with Crippen molar-refractivity contribution >= 4 is 22.5 Å². The summed E-state index contributed by atoms with van der Waals surface area (Å²) in [5, 5.41) is 0.939. The number of carbonyl (C=O) groups excluding carboxylic acids is 1. The van der Waals surface area contributed by atoms with Crippen LogP contribution < -0.4 is 15.2 Å². The first kappa shape index (κ1) is 21.4. The van der Waals surface area contributed by atoms with Gasteiger partial charge < -0.3 is 14.6 Å². The number of amides is 1. The average Bonchev–Trinajstić information content (AvgIpc) is 2.79. The molecule has 0 saturated heterocycles. The lowest BCUT2D eigenvalue weighted by molar-refractivity contribution is 0.0985. The summed E-state index contributed by atoms with van der Waals surface area (Å²) in [7, 11) is 0. The van der Waals surface area contributed by atoms with Crippen LogP contribution in [0.15, 0.2) is 77.6 Å². The second-order valence-corrected chi connectivity index (χ2v) is 7.90. The highest BCUT2D eigenvalue weighted by atomic mass is 16.5. The minimum absolute atomic E-state index is 0.153. The fourth-order valence-electron chi connectivity index (χ4n) is 3.68. The van der Waals surface area contributed by atoms with Crippen molar-refractivity contribution in [3.8, 4) is 5.75 Å². The Morgan fingerprint density at radius 3 is 2.28 bits per heavy atom. The molecule has 4 rings (SSSR count). The molecule has 0 atom stereocenters. The SMILES string of the molecule is CCOc1ccc(N(Cc2cc3cc(C)ccc3[nH]c2=O)C(=O)c2ccc(C)cc2)cc1. The number of benzene rings is 3. The molecule has 5 nitrogen and oxygen atoms in total. The van der Waals surface area contributed by atoms with Crippen molar-refractivity contribution in [3.63, 3.8) is 0 Å². The maximum atomic E-state index is 13.5. The lowest BCUT2D eigenvalue weighted by atomic mass is 10.1. The molecule has 1 aromatic heterocycles. The van der Waals surface area contributed by atoms with Gasteiger partial charge in [-0.2, -0.15) is 0 Å². The van der Waals surface area contributed by atoms with Gasteiger partial charge in [-0.15, -0.1) is 0 Å². The van der Waals surface area contributed by atoms with Crippen LogP contribution in [-0.2, 0) is 6.54 Å². The molecule has 5 heteroatoms. The molecular formula is C27H26N2O3. The first-order valence-corrected chi connectivity index (χ1v) is 10.7. The van der Waals surface area contributed by atoms with Gasteiger partial charge in [0.25, 0.3) is 11.5 Å². The molecule has 0 bridgehead atoms. The Labute approximate surface area is 187 Å². The molecule has 0 spiro atoms. The van der Waals surface area contributed by atoms with Crippen molar-refractivity contribution in [1.82, 2.24) is 4.98 Å². The Balaban J connectivity index is 1.75. The molecule has 0 radical (unpaired) electrons. The summed E-state index contributed by atoms with van der Waals surface area (Å²) in [6, 6.07) is 22.6. The van der Waals surface area contributed by atoms with E-state index >= 15 is 0 Å². The van der Waals surface area contributed by atoms with E-state index in [4.69, 9.17) is 4.74 Å². The van der Waals surface area contributed by atoms with Crippen molar-refractivity contribution in [1.29, 1.82) is 0 Å². The number of fused-ring (bicyclic) bond motifs is 1. The molecular weight excluding hydrogens is 400 g/mol. The average molecular weight is 427 g/mol. The van der Waals surface area contributed by atoms with Crippen molar-refractivity contribution in [2.75, 3.05) is 11.5 Å². The second kappa shape index (κ2) is 9.10. The summed E-state index contributed by atoms with van der Waals surface area (Å²) in [6.45, 7) is 6.64. The Kier molecular flexibility index (Phi) is 6.08. The minimum atomic E-state index is -0.200. The van der Waals surface area contributed by atoms with E-state index in [1.807, 2.05) is 93.6 Å². The van der Waals surface area contributed by atoms with E-state index < -0.39 is 0 Å². The number of nitrogens with zero attached hydrogens (tertiary/aromatic N) is 1. The van der Waals surface area contributed by atoms with Crippen molar-refractivity contribution < 1.29 is 9.53 Å². The van der Waals surface area contributed by atoms with Crippen molar-refractivity contribution in [2.24, 2.45) is 0 Å². The van der Waals surface area contributed by atoms with Crippen LogP contribution in [0.5, 0.6) is 5.75 Å². The summed E-state index contributed by atoms with van der Waals surface area (Å²) >= 11 is 0. The Bertz CT molecular complexity index is 1310. The number of carbonyl (C=O) groups is 1. The topological polar surface area (TPSA) is 62.4 Å². The third-order valence-electron chi connectivity index (χ3n) is 5.41. The second-order valence-electron chi connectivity index (χ2n) is 7.90. The van der Waals surface area contributed by atoms with Crippen LogP contribution in [0.1, 0.15) is 34.0 Å². The predicted octanol–water partition coefficient (Wildman–Crippen LogP) is 5.39. The monoisotopic (exact) mass is 426 g/mol. The van der Waals surface area contributed by atoms with Gasteiger partial charge in [0.05, 0.1) is 13.2 Å². The molecule has 1 heterocycles. The molecule has 0 fully saturated rings. The van der Waals surface area contributed by atoms with E-state index in [2.05, 4.69) is 4.98 Å². The van der Waals surface area contributed by atoms with E-state index in [0.29, 0.717) is 23.4 Å². The Morgan fingerprint density at radius 2 is 1.59 bits per heavy atom. The van der Waals surface area contributed by atoms with E-state index in [9.17, 15) is 9.59 Å². The van der Waals surface area contributed by atoms with Crippen LogP contribution >= 0.6 is 0 Å². The van der Waals surface area contributed by atoms with Crippen LogP contribution in [0, 0.1) is 13.8 Å². The highest BCUT2D eigenvalue weighted by Gasteiger charge is 2.20. The molecule has 0 aliphatic carbocycles.